The van der Waals surface area contributed by atoms with Crippen LogP contribution in [0.5, 0.6) is 5.75 Å². The lowest BCUT2D eigenvalue weighted by atomic mass is 9.88. The highest BCUT2D eigenvalue weighted by Gasteiger charge is 2.36. The van der Waals surface area contributed by atoms with Crippen LogP contribution in [0.4, 0.5) is 19.1 Å². The zero-order chi connectivity index (χ0) is 23.4. The van der Waals surface area contributed by atoms with E-state index in [0.717, 1.165) is 6.07 Å². The molecule has 0 atom stereocenters. The standard InChI is InChI=1S/C22H26F3N3O4/c1-3-31-19(29)11-21(30)7-9-28(10-8-21)20-26-12-16(13-27-20)32-14-17-15(2)5-4-6-18(17)22(23,24)25/h4-6,12-13,30H,3,7-11,14H2,1-2H3. The van der Waals surface area contributed by atoms with Gasteiger partial charge in [-0.2, -0.15) is 13.2 Å². The average molecular weight is 453 g/mol. The fourth-order valence-electron chi connectivity index (χ4n) is 3.64. The van der Waals surface area contributed by atoms with Crippen molar-refractivity contribution in [3.05, 3.63) is 47.3 Å². The summed E-state index contributed by atoms with van der Waals surface area (Å²) in [5.41, 5.74) is -1.28. The number of benzene rings is 1. The molecule has 1 aliphatic rings. The molecule has 2 heterocycles. The van der Waals surface area contributed by atoms with Crippen LogP contribution in [-0.4, -0.2) is 46.3 Å². The number of carbonyl (C=O) groups excluding carboxylic acids is 1. The van der Waals surface area contributed by atoms with Gasteiger partial charge in [-0.3, -0.25) is 4.79 Å². The predicted octanol–water partition coefficient (Wildman–Crippen LogP) is 3.67. The van der Waals surface area contributed by atoms with Crippen LogP contribution in [0.1, 0.15) is 42.9 Å². The van der Waals surface area contributed by atoms with Crippen molar-refractivity contribution >= 4 is 11.9 Å². The molecule has 32 heavy (non-hydrogen) atoms. The molecule has 0 spiro atoms. The van der Waals surface area contributed by atoms with E-state index >= 15 is 0 Å². The van der Waals surface area contributed by atoms with E-state index in [9.17, 15) is 23.1 Å². The van der Waals surface area contributed by atoms with Gasteiger partial charge in [-0.1, -0.05) is 12.1 Å². The fourth-order valence-corrected chi connectivity index (χ4v) is 3.64. The van der Waals surface area contributed by atoms with Gasteiger partial charge in [-0.25, -0.2) is 9.97 Å². The SMILES string of the molecule is CCOC(=O)CC1(O)CCN(c2ncc(OCc3c(C)cccc3C(F)(F)F)cn2)CC1. The van der Waals surface area contributed by atoms with Gasteiger partial charge in [-0.05, 0) is 38.3 Å². The van der Waals surface area contributed by atoms with E-state index in [1.807, 2.05) is 4.90 Å². The minimum atomic E-state index is -4.46. The van der Waals surface area contributed by atoms with Crippen LogP contribution >= 0.6 is 0 Å². The number of nitrogens with zero attached hydrogens (tertiary/aromatic N) is 3. The van der Waals surface area contributed by atoms with Crippen molar-refractivity contribution in [2.45, 2.75) is 51.5 Å². The number of hydrogen-bond acceptors (Lipinski definition) is 7. The summed E-state index contributed by atoms with van der Waals surface area (Å²) in [4.78, 5) is 22.0. The number of rotatable bonds is 7. The fraction of sp³-hybridized carbons (Fsp3) is 0.500. The van der Waals surface area contributed by atoms with Crippen LogP contribution in [0.15, 0.2) is 30.6 Å². The number of anilines is 1. The number of hydrogen-bond donors (Lipinski definition) is 1. The molecule has 2 aromatic rings. The smallest absolute Gasteiger partial charge is 0.416 e. The molecule has 1 saturated heterocycles. The number of aliphatic hydroxyl groups is 1. The summed E-state index contributed by atoms with van der Waals surface area (Å²) in [7, 11) is 0. The molecule has 10 heteroatoms. The van der Waals surface area contributed by atoms with Gasteiger partial charge < -0.3 is 19.5 Å². The van der Waals surface area contributed by atoms with E-state index in [0.29, 0.717) is 37.4 Å². The van der Waals surface area contributed by atoms with Crippen molar-refractivity contribution in [1.82, 2.24) is 9.97 Å². The maximum absolute atomic E-state index is 13.2. The van der Waals surface area contributed by atoms with Crippen molar-refractivity contribution in [3.8, 4) is 5.75 Å². The Hall–Kier alpha value is -2.88. The molecule has 0 aliphatic carbocycles. The van der Waals surface area contributed by atoms with Gasteiger partial charge in [0.25, 0.3) is 0 Å². The van der Waals surface area contributed by atoms with Gasteiger partial charge in [0, 0.05) is 18.7 Å². The summed E-state index contributed by atoms with van der Waals surface area (Å²) in [5.74, 6) is 0.242. The molecule has 1 N–H and O–H groups in total. The van der Waals surface area contributed by atoms with Gasteiger partial charge >= 0.3 is 12.1 Å². The molecule has 174 valence electrons. The second kappa shape index (κ2) is 9.72. The van der Waals surface area contributed by atoms with Crippen LogP contribution in [0.2, 0.25) is 0 Å². The summed E-state index contributed by atoms with van der Waals surface area (Å²) in [6.45, 7) is 4.24. The molecule has 0 bridgehead atoms. The first-order chi connectivity index (χ1) is 15.1. The molecule has 1 fully saturated rings. The number of piperidine rings is 1. The van der Waals surface area contributed by atoms with E-state index in [2.05, 4.69) is 9.97 Å². The number of carbonyl (C=O) groups is 1. The molecule has 1 aromatic heterocycles. The summed E-state index contributed by atoms with van der Waals surface area (Å²) in [6.07, 6.45) is -0.974. The largest absolute Gasteiger partial charge is 0.486 e. The van der Waals surface area contributed by atoms with Gasteiger partial charge in [0.1, 0.15) is 6.61 Å². The normalized spacial score (nSPS) is 16.0. The monoisotopic (exact) mass is 453 g/mol. The van der Waals surface area contributed by atoms with Crippen molar-refractivity contribution in [1.29, 1.82) is 0 Å². The van der Waals surface area contributed by atoms with Gasteiger partial charge in [0.2, 0.25) is 5.95 Å². The van der Waals surface area contributed by atoms with Crippen LogP contribution in [0, 0.1) is 6.92 Å². The minimum Gasteiger partial charge on any atom is -0.486 e. The lowest BCUT2D eigenvalue weighted by molar-refractivity contribution is -0.149. The topological polar surface area (TPSA) is 84.8 Å². The maximum Gasteiger partial charge on any atom is 0.416 e. The predicted molar refractivity (Wildman–Crippen MR) is 110 cm³/mol. The number of esters is 1. The Kier molecular flexibility index (Phi) is 7.22. The summed E-state index contributed by atoms with van der Waals surface area (Å²) < 4.78 is 50.2. The minimum absolute atomic E-state index is 0.0544. The maximum atomic E-state index is 13.2. The third-order valence-electron chi connectivity index (χ3n) is 5.47. The lowest BCUT2D eigenvalue weighted by Crippen LogP contribution is -2.46. The first-order valence-corrected chi connectivity index (χ1v) is 10.3. The van der Waals surface area contributed by atoms with Crippen LogP contribution in [0.25, 0.3) is 0 Å². The lowest BCUT2D eigenvalue weighted by Gasteiger charge is -2.37. The Morgan fingerprint density at radius 3 is 2.47 bits per heavy atom. The highest BCUT2D eigenvalue weighted by atomic mass is 19.4. The third kappa shape index (κ3) is 5.87. The van der Waals surface area contributed by atoms with Crippen molar-refractivity contribution < 1.29 is 32.5 Å². The summed E-state index contributed by atoms with van der Waals surface area (Å²) >= 11 is 0. The number of aromatic nitrogens is 2. The van der Waals surface area contributed by atoms with Gasteiger partial charge in [0.15, 0.2) is 5.75 Å². The van der Waals surface area contributed by atoms with Crippen LogP contribution < -0.4 is 9.64 Å². The van der Waals surface area contributed by atoms with Crippen LogP contribution in [0.3, 0.4) is 0 Å². The molecule has 0 unspecified atom stereocenters. The van der Waals surface area contributed by atoms with E-state index in [4.69, 9.17) is 9.47 Å². The molecule has 0 amide bonds. The number of halogens is 3. The molecular formula is C22H26F3N3O4. The van der Waals surface area contributed by atoms with E-state index in [1.54, 1.807) is 19.9 Å². The summed E-state index contributed by atoms with van der Waals surface area (Å²) in [6, 6.07) is 4.00. The molecule has 1 aliphatic heterocycles. The average Bonchev–Trinajstić information content (AvgIpc) is 2.73. The van der Waals surface area contributed by atoms with Crippen LogP contribution in [-0.2, 0) is 22.3 Å². The van der Waals surface area contributed by atoms with Gasteiger partial charge in [0.05, 0.1) is 36.6 Å². The second-order valence-corrected chi connectivity index (χ2v) is 7.80. The molecule has 3 rings (SSSR count). The Labute approximate surface area is 184 Å². The molecule has 1 aromatic carbocycles. The molecule has 0 saturated carbocycles. The molecule has 0 radical (unpaired) electrons. The summed E-state index contributed by atoms with van der Waals surface area (Å²) in [5, 5.41) is 10.6. The Morgan fingerprint density at radius 1 is 1.22 bits per heavy atom. The third-order valence-corrected chi connectivity index (χ3v) is 5.47. The first kappa shape index (κ1) is 23.8. The van der Waals surface area contributed by atoms with Crippen molar-refractivity contribution in [2.75, 3.05) is 24.6 Å². The van der Waals surface area contributed by atoms with E-state index in [-0.39, 0.29) is 30.9 Å². The van der Waals surface area contributed by atoms with Crippen molar-refractivity contribution in [3.63, 3.8) is 0 Å². The van der Waals surface area contributed by atoms with E-state index < -0.39 is 23.3 Å². The Bertz CT molecular complexity index is 927. The highest BCUT2D eigenvalue weighted by molar-refractivity contribution is 5.70. The van der Waals surface area contributed by atoms with Crippen molar-refractivity contribution in [2.24, 2.45) is 0 Å². The Morgan fingerprint density at radius 2 is 1.88 bits per heavy atom. The second-order valence-electron chi connectivity index (χ2n) is 7.80. The number of alkyl halides is 3. The number of aryl methyl sites for hydroxylation is 1. The quantitative estimate of drug-likeness (QED) is 0.641. The first-order valence-electron chi connectivity index (χ1n) is 10.3. The van der Waals surface area contributed by atoms with E-state index in [1.165, 1.54) is 18.5 Å². The zero-order valence-corrected chi connectivity index (χ0v) is 18.0. The number of ether oxygens (including phenoxy) is 2. The molecular weight excluding hydrogens is 427 g/mol. The van der Waals surface area contributed by atoms with Gasteiger partial charge in [-0.15, -0.1) is 0 Å². The highest BCUT2D eigenvalue weighted by Crippen LogP contribution is 2.34. The molecule has 7 nitrogen and oxygen atoms in total. The zero-order valence-electron chi connectivity index (χ0n) is 18.0. The Balaban J connectivity index is 1.59.